The van der Waals surface area contributed by atoms with E-state index in [2.05, 4.69) is 26.3 Å². The van der Waals surface area contributed by atoms with Crippen molar-refractivity contribution >= 4 is 21.7 Å². The molecule has 0 aliphatic rings. The topological polar surface area (TPSA) is 60.2 Å². The zero-order valence-corrected chi connectivity index (χ0v) is 12.4. The number of alkyl halides is 3. The lowest BCUT2D eigenvalue weighted by Crippen LogP contribution is -2.12. The molecule has 3 N–H and O–H groups in total. The number of rotatable bonds is 3. The first-order valence-electron chi connectivity index (χ1n) is 5.79. The van der Waals surface area contributed by atoms with Gasteiger partial charge >= 0.3 is 6.18 Å². The highest BCUT2D eigenvalue weighted by Gasteiger charge is 2.32. The van der Waals surface area contributed by atoms with Crippen LogP contribution in [0.2, 0.25) is 0 Å². The number of nitrogens with zero attached hydrogens (tertiary/aromatic N) is 1. The van der Waals surface area contributed by atoms with Crippen LogP contribution in [-0.4, -0.2) is 4.98 Å². The first-order chi connectivity index (χ1) is 9.79. The molecule has 112 valence electrons. The third kappa shape index (κ3) is 3.85. The maximum atomic E-state index is 12.8. The summed E-state index contributed by atoms with van der Waals surface area (Å²) in [6.45, 7) is 1.78. The van der Waals surface area contributed by atoms with Gasteiger partial charge in [0.05, 0.1) is 5.56 Å². The molecule has 1 aromatic carbocycles. The maximum Gasteiger partial charge on any atom is 0.416 e. The third-order valence-corrected chi connectivity index (χ3v) is 3.14. The first-order valence-corrected chi connectivity index (χ1v) is 6.59. The van der Waals surface area contributed by atoms with Crippen LogP contribution >= 0.6 is 15.9 Å². The molecule has 0 radical (unpaired) electrons. The predicted octanol–water partition coefficient (Wildman–Crippen LogP) is 4.25. The van der Waals surface area contributed by atoms with Gasteiger partial charge in [-0.25, -0.2) is 5.84 Å². The van der Waals surface area contributed by atoms with Crippen LogP contribution in [0.25, 0.3) is 0 Å². The lowest BCUT2D eigenvalue weighted by molar-refractivity contribution is -0.137. The summed E-state index contributed by atoms with van der Waals surface area (Å²) in [6.07, 6.45) is -4.51. The minimum atomic E-state index is -4.51. The highest BCUT2D eigenvalue weighted by Crippen LogP contribution is 2.34. The first kappa shape index (κ1) is 15.6. The number of aromatic nitrogens is 1. The van der Waals surface area contributed by atoms with Crippen molar-refractivity contribution in [2.75, 3.05) is 5.43 Å². The highest BCUT2D eigenvalue weighted by atomic mass is 79.9. The van der Waals surface area contributed by atoms with Crippen molar-refractivity contribution in [3.63, 3.8) is 0 Å². The Kier molecular flexibility index (Phi) is 4.38. The number of anilines is 1. The van der Waals surface area contributed by atoms with Gasteiger partial charge in [0, 0.05) is 10.5 Å². The molecule has 4 nitrogen and oxygen atoms in total. The lowest BCUT2D eigenvalue weighted by atomic mass is 10.2. The summed E-state index contributed by atoms with van der Waals surface area (Å²) in [5.74, 6) is 5.21. The van der Waals surface area contributed by atoms with E-state index < -0.39 is 11.7 Å². The molecule has 0 fully saturated rings. The van der Waals surface area contributed by atoms with Crippen LogP contribution < -0.4 is 16.0 Å². The van der Waals surface area contributed by atoms with Crippen molar-refractivity contribution in [2.45, 2.75) is 13.1 Å². The van der Waals surface area contributed by atoms with Crippen molar-refractivity contribution in [1.29, 1.82) is 0 Å². The van der Waals surface area contributed by atoms with Crippen LogP contribution in [0.4, 0.5) is 19.0 Å². The van der Waals surface area contributed by atoms with Crippen LogP contribution in [0.5, 0.6) is 11.6 Å². The van der Waals surface area contributed by atoms with Crippen molar-refractivity contribution in [1.82, 2.24) is 4.98 Å². The van der Waals surface area contributed by atoms with E-state index in [1.807, 2.05) is 0 Å². The van der Waals surface area contributed by atoms with Crippen LogP contribution in [0.15, 0.2) is 34.8 Å². The number of benzene rings is 1. The molecule has 0 bridgehead atoms. The molecule has 8 heteroatoms. The number of nitrogens with one attached hydrogen (secondary N) is 1. The normalized spacial score (nSPS) is 11.3. The van der Waals surface area contributed by atoms with E-state index in [0.29, 0.717) is 5.75 Å². The SMILES string of the molecule is Cc1ccc(Br)cc1Oc1cc(C(F)(F)F)cc(NN)n1. The number of halogens is 4. The van der Waals surface area contributed by atoms with Gasteiger partial charge < -0.3 is 10.2 Å². The number of aryl methyl sites for hydroxylation is 1. The van der Waals surface area contributed by atoms with Crippen molar-refractivity contribution < 1.29 is 17.9 Å². The standard InChI is InChI=1S/C13H11BrF3N3O/c1-7-2-3-9(14)6-10(7)21-12-5-8(13(15,16)17)4-11(19-12)20-18/h2-6H,18H2,1H3,(H,19,20). The molecule has 0 amide bonds. The van der Waals surface area contributed by atoms with Crippen LogP contribution in [0.1, 0.15) is 11.1 Å². The quantitative estimate of drug-likeness (QED) is 0.633. The summed E-state index contributed by atoms with van der Waals surface area (Å²) in [5, 5.41) is 0. The van der Waals surface area contributed by atoms with Crippen LogP contribution in [0, 0.1) is 6.92 Å². The Morgan fingerprint density at radius 1 is 1.24 bits per heavy atom. The molecule has 2 rings (SSSR count). The van der Waals surface area contributed by atoms with E-state index in [9.17, 15) is 13.2 Å². The highest BCUT2D eigenvalue weighted by molar-refractivity contribution is 9.10. The van der Waals surface area contributed by atoms with Gasteiger partial charge in [-0.15, -0.1) is 0 Å². The van der Waals surface area contributed by atoms with Crippen LogP contribution in [0.3, 0.4) is 0 Å². The van der Waals surface area contributed by atoms with Gasteiger partial charge in [0.1, 0.15) is 11.6 Å². The van der Waals surface area contributed by atoms with Gasteiger partial charge in [0.25, 0.3) is 0 Å². The molecule has 0 saturated heterocycles. The number of nitrogens with two attached hydrogens (primary N) is 1. The summed E-state index contributed by atoms with van der Waals surface area (Å²) >= 11 is 3.27. The number of pyridine rings is 1. The lowest BCUT2D eigenvalue weighted by Gasteiger charge is -2.13. The van der Waals surface area contributed by atoms with Gasteiger partial charge in [-0.2, -0.15) is 18.2 Å². The summed E-state index contributed by atoms with van der Waals surface area (Å²) in [7, 11) is 0. The van der Waals surface area contributed by atoms with E-state index in [-0.39, 0.29) is 11.7 Å². The molecule has 1 aromatic heterocycles. The van der Waals surface area contributed by atoms with Crippen LogP contribution in [-0.2, 0) is 6.18 Å². The molecule has 2 aromatic rings. The molecule has 0 saturated carbocycles. The summed E-state index contributed by atoms with van der Waals surface area (Å²) in [5.41, 5.74) is 1.96. The number of nitrogen functional groups attached to an aromatic ring is 1. The maximum absolute atomic E-state index is 12.8. The van der Waals surface area contributed by atoms with Gasteiger partial charge in [0.15, 0.2) is 0 Å². The Balaban J connectivity index is 2.42. The number of hydrazine groups is 1. The Morgan fingerprint density at radius 3 is 2.57 bits per heavy atom. The van der Waals surface area contributed by atoms with Crippen molar-refractivity contribution in [2.24, 2.45) is 5.84 Å². The Bertz CT molecular complexity index is 662. The molecular weight excluding hydrogens is 351 g/mol. The minimum Gasteiger partial charge on any atom is -0.439 e. The molecule has 0 atom stereocenters. The van der Waals surface area contributed by atoms with Crippen molar-refractivity contribution in [3.8, 4) is 11.6 Å². The third-order valence-electron chi connectivity index (χ3n) is 2.64. The molecule has 0 aliphatic heterocycles. The fourth-order valence-corrected chi connectivity index (χ4v) is 1.93. The second-order valence-corrected chi connectivity index (χ2v) is 5.15. The molecular formula is C13H11BrF3N3O. The van der Waals surface area contributed by atoms with E-state index in [1.165, 1.54) is 0 Å². The second-order valence-electron chi connectivity index (χ2n) is 4.23. The molecule has 1 heterocycles. The Hall–Kier alpha value is -1.80. The molecule has 21 heavy (non-hydrogen) atoms. The number of ether oxygens (including phenoxy) is 1. The molecule has 0 spiro atoms. The van der Waals surface area contributed by atoms with E-state index in [0.717, 1.165) is 22.2 Å². The minimum absolute atomic E-state index is 0.132. The zero-order chi connectivity index (χ0) is 15.6. The van der Waals surface area contributed by atoms with Gasteiger partial charge in [-0.05, 0) is 30.7 Å². The monoisotopic (exact) mass is 361 g/mol. The number of hydrogen-bond donors (Lipinski definition) is 2. The van der Waals surface area contributed by atoms with Gasteiger partial charge in [-0.1, -0.05) is 22.0 Å². The fourth-order valence-electron chi connectivity index (χ4n) is 1.59. The average molecular weight is 362 g/mol. The summed E-state index contributed by atoms with van der Waals surface area (Å²) in [4.78, 5) is 3.86. The second kappa shape index (κ2) is 5.90. The fraction of sp³-hybridized carbons (Fsp3) is 0.154. The number of hydrogen-bond acceptors (Lipinski definition) is 4. The van der Waals surface area contributed by atoms with E-state index >= 15 is 0 Å². The molecule has 0 aliphatic carbocycles. The van der Waals surface area contributed by atoms with E-state index in [1.54, 1.807) is 25.1 Å². The Labute approximate surface area is 127 Å². The van der Waals surface area contributed by atoms with E-state index in [4.69, 9.17) is 10.6 Å². The summed E-state index contributed by atoms with van der Waals surface area (Å²) in [6, 6.07) is 6.85. The van der Waals surface area contributed by atoms with Crippen molar-refractivity contribution in [3.05, 3.63) is 45.9 Å². The predicted molar refractivity (Wildman–Crippen MR) is 76.0 cm³/mol. The largest absolute Gasteiger partial charge is 0.439 e. The summed E-state index contributed by atoms with van der Waals surface area (Å²) < 4.78 is 44.6. The van der Waals surface area contributed by atoms with Gasteiger partial charge in [-0.3, -0.25) is 0 Å². The Morgan fingerprint density at radius 2 is 1.95 bits per heavy atom. The van der Waals surface area contributed by atoms with Gasteiger partial charge in [0.2, 0.25) is 5.88 Å². The zero-order valence-electron chi connectivity index (χ0n) is 10.8. The smallest absolute Gasteiger partial charge is 0.416 e. The average Bonchev–Trinajstić information content (AvgIpc) is 2.41. The molecule has 0 unspecified atom stereocenters.